The number of non-ortho nitro benzene ring substituents is 1. The number of thiazole rings is 1. The highest BCUT2D eigenvalue weighted by Gasteiger charge is 2.15. The Bertz CT molecular complexity index is 627. The van der Waals surface area contributed by atoms with Crippen molar-refractivity contribution < 1.29 is 9.66 Å². The van der Waals surface area contributed by atoms with Crippen LogP contribution >= 0.6 is 11.3 Å². The summed E-state index contributed by atoms with van der Waals surface area (Å²) in [5.74, 6) is 0.564. The summed E-state index contributed by atoms with van der Waals surface area (Å²) in [7, 11) is 1.53. The highest BCUT2D eigenvalue weighted by atomic mass is 32.1. The molecule has 0 aliphatic heterocycles. The number of aryl methyl sites for hydroxylation is 1. The molecule has 0 spiro atoms. The average molecular weight is 293 g/mol. The van der Waals surface area contributed by atoms with Crippen LogP contribution in [0.5, 0.6) is 5.75 Å². The molecule has 1 aromatic heterocycles. The van der Waals surface area contributed by atoms with Gasteiger partial charge in [-0.25, -0.2) is 4.98 Å². The molecule has 1 atom stereocenters. The van der Waals surface area contributed by atoms with Crippen molar-refractivity contribution >= 4 is 22.7 Å². The zero-order valence-electron chi connectivity index (χ0n) is 11.4. The fraction of sp³-hybridized carbons (Fsp3) is 0.308. The fourth-order valence-electron chi connectivity index (χ4n) is 1.81. The molecule has 0 saturated heterocycles. The van der Waals surface area contributed by atoms with E-state index < -0.39 is 4.92 Å². The number of rotatable bonds is 5. The summed E-state index contributed by atoms with van der Waals surface area (Å²) in [6.45, 7) is 3.89. The predicted octanol–water partition coefficient (Wildman–Crippen LogP) is 3.54. The van der Waals surface area contributed by atoms with Gasteiger partial charge in [0.25, 0.3) is 5.69 Å². The summed E-state index contributed by atoms with van der Waals surface area (Å²) in [6.07, 6.45) is 0. The number of nitro benzene ring substituents is 1. The molecule has 6 nitrogen and oxygen atoms in total. The Morgan fingerprint density at radius 2 is 2.25 bits per heavy atom. The van der Waals surface area contributed by atoms with E-state index in [-0.39, 0.29) is 11.7 Å². The summed E-state index contributed by atoms with van der Waals surface area (Å²) >= 11 is 1.57. The van der Waals surface area contributed by atoms with E-state index in [0.717, 1.165) is 10.7 Å². The Morgan fingerprint density at radius 3 is 2.80 bits per heavy atom. The van der Waals surface area contributed by atoms with Crippen LogP contribution in [-0.2, 0) is 0 Å². The molecule has 0 aliphatic carbocycles. The first-order valence-corrected chi connectivity index (χ1v) is 6.90. The molecule has 7 heteroatoms. The topological polar surface area (TPSA) is 77.3 Å². The number of anilines is 1. The second-order valence-electron chi connectivity index (χ2n) is 4.30. The van der Waals surface area contributed by atoms with Gasteiger partial charge in [0.05, 0.1) is 34.5 Å². The van der Waals surface area contributed by atoms with Gasteiger partial charge in [0, 0.05) is 17.5 Å². The summed E-state index contributed by atoms with van der Waals surface area (Å²) in [5.41, 5.74) is 1.51. The molecule has 1 N–H and O–H groups in total. The van der Waals surface area contributed by atoms with Gasteiger partial charge in [-0.1, -0.05) is 0 Å². The molecule has 1 heterocycles. The third kappa shape index (κ3) is 3.05. The first-order valence-electron chi connectivity index (χ1n) is 6.02. The summed E-state index contributed by atoms with van der Waals surface area (Å²) in [4.78, 5) is 14.8. The Kier molecular flexibility index (Phi) is 4.19. The van der Waals surface area contributed by atoms with Crippen LogP contribution in [0.1, 0.15) is 23.7 Å². The van der Waals surface area contributed by atoms with E-state index >= 15 is 0 Å². The van der Waals surface area contributed by atoms with Crippen LogP contribution in [-0.4, -0.2) is 17.0 Å². The van der Waals surface area contributed by atoms with Crippen LogP contribution < -0.4 is 10.1 Å². The van der Waals surface area contributed by atoms with Gasteiger partial charge in [-0.15, -0.1) is 11.3 Å². The van der Waals surface area contributed by atoms with Gasteiger partial charge in [0.1, 0.15) is 5.75 Å². The molecule has 1 unspecified atom stereocenters. The summed E-state index contributed by atoms with van der Waals surface area (Å²) in [5, 5.41) is 17.0. The van der Waals surface area contributed by atoms with E-state index in [0.29, 0.717) is 11.4 Å². The van der Waals surface area contributed by atoms with Crippen molar-refractivity contribution in [3.8, 4) is 5.75 Å². The number of ether oxygens (including phenoxy) is 1. The molecular formula is C13H15N3O3S. The van der Waals surface area contributed by atoms with E-state index in [1.165, 1.54) is 19.2 Å². The first kappa shape index (κ1) is 14.3. The van der Waals surface area contributed by atoms with E-state index in [1.54, 1.807) is 17.4 Å². The SMILES string of the molecule is COc1ccc([N+](=O)[O-])cc1NC(C)c1csc(C)n1. The minimum Gasteiger partial charge on any atom is -0.495 e. The number of nitrogens with zero attached hydrogens (tertiary/aromatic N) is 2. The zero-order chi connectivity index (χ0) is 14.7. The lowest BCUT2D eigenvalue weighted by molar-refractivity contribution is -0.384. The number of methoxy groups -OCH3 is 1. The van der Waals surface area contributed by atoms with Crippen molar-refractivity contribution in [3.63, 3.8) is 0 Å². The van der Waals surface area contributed by atoms with Gasteiger partial charge < -0.3 is 10.1 Å². The molecule has 2 aromatic rings. The predicted molar refractivity (Wildman–Crippen MR) is 78.5 cm³/mol. The molecule has 0 aliphatic rings. The maximum atomic E-state index is 10.8. The lowest BCUT2D eigenvalue weighted by atomic mass is 10.2. The number of aromatic nitrogens is 1. The molecule has 0 saturated carbocycles. The lowest BCUT2D eigenvalue weighted by Crippen LogP contribution is -2.08. The minimum atomic E-state index is -0.428. The van der Waals surface area contributed by atoms with E-state index in [1.807, 2.05) is 19.2 Å². The van der Waals surface area contributed by atoms with Crippen molar-refractivity contribution in [1.29, 1.82) is 0 Å². The van der Waals surface area contributed by atoms with Crippen molar-refractivity contribution in [1.82, 2.24) is 4.98 Å². The maximum Gasteiger partial charge on any atom is 0.271 e. The maximum absolute atomic E-state index is 10.8. The second-order valence-corrected chi connectivity index (χ2v) is 5.36. The Labute approximate surface area is 120 Å². The molecule has 0 bridgehead atoms. The second kappa shape index (κ2) is 5.87. The molecule has 106 valence electrons. The average Bonchev–Trinajstić information content (AvgIpc) is 2.85. The van der Waals surface area contributed by atoms with E-state index in [2.05, 4.69) is 10.3 Å². The molecular weight excluding hydrogens is 278 g/mol. The van der Waals surface area contributed by atoms with E-state index in [4.69, 9.17) is 4.74 Å². The Morgan fingerprint density at radius 1 is 1.50 bits per heavy atom. The number of hydrogen-bond donors (Lipinski definition) is 1. The van der Waals surface area contributed by atoms with Gasteiger partial charge in [0.2, 0.25) is 0 Å². The van der Waals surface area contributed by atoms with Crippen molar-refractivity contribution in [2.45, 2.75) is 19.9 Å². The summed E-state index contributed by atoms with van der Waals surface area (Å²) in [6, 6.07) is 4.41. The number of benzene rings is 1. The van der Waals surface area contributed by atoms with Gasteiger partial charge in [0.15, 0.2) is 0 Å². The van der Waals surface area contributed by atoms with Gasteiger partial charge in [-0.2, -0.15) is 0 Å². The lowest BCUT2D eigenvalue weighted by Gasteiger charge is -2.15. The first-order chi connectivity index (χ1) is 9.51. The number of nitro groups is 1. The standard InChI is InChI=1S/C13H15N3O3S/c1-8(12-7-20-9(2)15-12)14-11-6-10(16(17)18)4-5-13(11)19-3/h4-8,14H,1-3H3. The van der Waals surface area contributed by atoms with Crippen LogP contribution in [0.15, 0.2) is 23.6 Å². The van der Waals surface area contributed by atoms with Crippen LogP contribution in [0.4, 0.5) is 11.4 Å². The minimum absolute atomic E-state index is 0.0231. The normalized spacial score (nSPS) is 11.9. The van der Waals surface area contributed by atoms with Crippen molar-refractivity contribution in [2.75, 3.05) is 12.4 Å². The zero-order valence-corrected chi connectivity index (χ0v) is 12.2. The quantitative estimate of drug-likeness (QED) is 0.674. The Hall–Kier alpha value is -2.15. The van der Waals surface area contributed by atoms with Crippen molar-refractivity contribution in [2.24, 2.45) is 0 Å². The monoisotopic (exact) mass is 293 g/mol. The van der Waals surface area contributed by atoms with Crippen LogP contribution in [0, 0.1) is 17.0 Å². The highest BCUT2D eigenvalue weighted by Crippen LogP contribution is 2.31. The largest absolute Gasteiger partial charge is 0.495 e. The van der Waals surface area contributed by atoms with Gasteiger partial charge >= 0.3 is 0 Å². The van der Waals surface area contributed by atoms with Gasteiger partial charge in [-0.05, 0) is 19.9 Å². The molecule has 2 rings (SSSR count). The highest BCUT2D eigenvalue weighted by molar-refractivity contribution is 7.09. The third-order valence-corrected chi connectivity index (χ3v) is 3.64. The smallest absolute Gasteiger partial charge is 0.271 e. The van der Waals surface area contributed by atoms with Gasteiger partial charge in [-0.3, -0.25) is 10.1 Å². The number of hydrogen-bond acceptors (Lipinski definition) is 6. The van der Waals surface area contributed by atoms with Crippen LogP contribution in [0.3, 0.4) is 0 Å². The van der Waals surface area contributed by atoms with Crippen LogP contribution in [0.2, 0.25) is 0 Å². The van der Waals surface area contributed by atoms with Crippen molar-refractivity contribution in [3.05, 3.63) is 44.4 Å². The molecule has 0 fully saturated rings. The Balaban J connectivity index is 2.27. The van der Waals surface area contributed by atoms with Crippen LogP contribution in [0.25, 0.3) is 0 Å². The molecule has 0 amide bonds. The number of nitrogens with one attached hydrogen (secondary N) is 1. The summed E-state index contributed by atoms with van der Waals surface area (Å²) < 4.78 is 5.22. The fourth-order valence-corrected chi connectivity index (χ4v) is 2.51. The third-order valence-electron chi connectivity index (χ3n) is 2.85. The molecule has 1 aromatic carbocycles. The molecule has 20 heavy (non-hydrogen) atoms. The molecule has 0 radical (unpaired) electrons. The van der Waals surface area contributed by atoms with E-state index in [9.17, 15) is 10.1 Å².